The Balaban J connectivity index is 1.93. The van der Waals surface area contributed by atoms with Gasteiger partial charge in [0.1, 0.15) is 11.5 Å². The van der Waals surface area contributed by atoms with Crippen LogP contribution in [0.25, 0.3) is 0 Å². The normalized spacial score (nSPS) is 17.6. The topological polar surface area (TPSA) is 18.5 Å². The molecule has 0 aliphatic heterocycles. The standard InChI is InChI=1S/C13H18O2S/c1-14-11-4-2-5-12(8-11)15-9-13(10-16)6-3-7-13/h2,4-5,8,16H,3,6-7,9-10H2,1H3. The summed E-state index contributed by atoms with van der Waals surface area (Å²) in [5.41, 5.74) is 0.312. The second-order valence-corrected chi connectivity index (χ2v) is 4.80. The van der Waals surface area contributed by atoms with Gasteiger partial charge in [0.15, 0.2) is 0 Å². The quantitative estimate of drug-likeness (QED) is 0.794. The lowest BCUT2D eigenvalue weighted by atomic mass is 9.71. The number of ether oxygens (including phenoxy) is 2. The molecule has 1 saturated carbocycles. The van der Waals surface area contributed by atoms with Crippen LogP contribution in [0.3, 0.4) is 0 Å². The maximum Gasteiger partial charge on any atom is 0.123 e. The summed E-state index contributed by atoms with van der Waals surface area (Å²) in [4.78, 5) is 0. The molecule has 3 heteroatoms. The van der Waals surface area contributed by atoms with Crippen molar-refractivity contribution in [1.29, 1.82) is 0 Å². The first-order valence-corrected chi connectivity index (χ1v) is 6.29. The molecule has 1 aromatic carbocycles. The van der Waals surface area contributed by atoms with E-state index in [2.05, 4.69) is 12.6 Å². The van der Waals surface area contributed by atoms with E-state index in [1.54, 1.807) is 7.11 Å². The van der Waals surface area contributed by atoms with E-state index in [0.717, 1.165) is 23.9 Å². The van der Waals surface area contributed by atoms with Crippen LogP contribution in [-0.2, 0) is 0 Å². The molecular formula is C13H18O2S. The van der Waals surface area contributed by atoms with Crippen LogP contribution in [0, 0.1) is 5.41 Å². The average molecular weight is 238 g/mol. The summed E-state index contributed by atoms with van der Waals surface area (Å²) < 4.78 is 11.0. The van der Waals surface area contributed by atoms with Gasteiger partial charge in [0.05, 0.1) is 13.7 Å². The molecule has 1 aromatic rings. The minimum absolute atomic E-state index is 0.312. The minimum atomic E-state index is 0.312. The van der Waals surface area contributed by atoms with E-state index >= 15 is 0 Å². The Bertz CT molecular complexity index is 342. The summed E-state index contributed by atoms with van der Waals surface area (Å²) in [7, 11) is 1.67. The van der Waals surface area contributed by atoms with Crippen molar-refractivity contribution in [3.63, 3.8) is 0 Å². The molecule has 88 valence electrons. The Kier molecular flexibility index (Phi) is 3.64. The van der Waals surface area contributed by atoms with Crippen molar-refractivity contribution in [3.05, 3.63) is 24.3 Å². The monoisotopic (exact) mass is 238 g/mol. The van der Waals surface area contributed by atoms with E-state index in [1.807, 2.05) is 24.3 Å². The van der Waals surface area contributed by atoms with Crippen molar-refractivity contribution in [2.75, 3.05) is 19.5 Å². The molecule has 0 spiro atoms. The summed E-state index contributed by atoms with van der Waals surface area (Å²) in [5.74, 6) is 2.63. The number of thiol groups is 1. The third-order valence-electron chi connectivity index (χ3n) is 3.34. The Hall–Kier alpha value is -0.830. The molecule has 0 unspecified atom stereocenters. The van der Waals surface area contributed by atoms with E-state index in [0.29, 0.717) is 5.41 Å². The summed E-state index contributed by atoms with van der Waals surface area (Å²) in [5, 5.41) is 0. The molecule has 1 fully saturated rings. The van der Waals surface area contributed by atoms with Gasteiger partial charge in [0, 0.05) is 11.5 Å². The van der Waals surface area contributed by atoms with Crippen molar-refractivity contribution in [2.45, 2.75) is 19.3 Å². The number of hydrogen-bond donors (Lipinski definition) is 1. The zero-order valence-electron chi connectivity index (χ0n) is 9.61. The lowest BCUT2D eigenvalue weighted by Gasteiger charge is -2.40. The van der Waals surface area contributed by atoms with Gasteiger partial charge in [0.2, 0.25) is 0 Å². The molecule has 0 atom stereocenters. The maximum atomic E-state index is 5.82. The highest BCUT2D eigenvalue weighted by Crippen LogP contribution is 2.42. The number of methoxy groups -OCH3 is 1. The lowest BCUT2D eigenvalue weighted by Crippen LogP contribution is -2.37. The van der Waals surface area contributed by atoms with Crippen molar-refractivity contribution < 1.29 is 9.47 Å². The van der Waals surface area contributed by atoms with E-state index in [1.165, 1.54) is 19.3 Å². The molecule has 16 heavy (non-hydrogen) atoms. The van der Waals surface area contributed by atoms with Gasteiger partial charge in [-0.25, -0.2) is 0 Å². The number of rotatable bonds is 5. The second-order valence-electron chi connectivity index (χ2n) is 4.48. The maximum absolute atomic E-state index is 5.82. The van der Waals surface area contributed by atoms with Gasteiger partial charge in [-0.2, -0.15) is 12.6 Å². The summed E-state index contributed by atoms with van der Waals surface area (Å²) in [6.45, 7) is 0.768. The molecule has 1 aliphatic carbocycles. The van der Waals surface area contributed by atoms with Gasteiger partial charge in [-0.15, -0.1) is 0 Å². The zero-order chi connectivity index (χ0) is 11.4. The van der Waals surface area contributed by atoms with Crippen molar-refractivity contribution in [2.24, 2.45) is 5.41 Å². The molecule has 0 N–H and O–H groups in total. The molecular weight excluding hydrogens is 220 g/mol. The van der Waals surface area contributed by atoms with E-state index in [4.69, 9.17) is 9.47 Å². The van der Waals surface area contributed by atoms with Crippen molar-refractivity contribution >= 4 is 12.6 Å². The molecule has 2 rings (SSSR count). The summed E-state index contributed by atoms with van der Waals surface area (Å²) >= 11 is 4.41. The molecule has 0 saturated heterocycles. The van der Waals surface area contributed by atoms with Crippen LogP contribution in [0.4, 0.5) is 0 Å². The zero-order valence-corrected chi connectivity index (χ0v) is 10.5. The SMILES string of the molecule is COc1cccc(OCC2(CS)CCC2)c1. The Morgan fingerprint density at radius 1 is 1.31 bits per heavy atom. The van der Waals surface area contributed by atoms with Gasteiger partial charge < -0.3 is 9.47 Å². The predicted molar refractivity (Wildman–Crippen MR) is 68.6 cm³/mol. The lowest BCUT2D eigenvalue weighted by molar-refractivity contribution is 0.0828. The van der Waals surface area contributed by atoms with Crippen LogP contribution in [0.5, 0.6) is 11.5 Å². The molecule has 0 bridgehead atoms. The van der Waals surface area contributed by atoms with Gasteiger partial charge in [-0.05, 0) is 30.7 Å². The number of hydrogen-bond acceptors (Lipinski definition) is 3. The Morgan fingerprint density at radius 2 is 2.06 bits per heavy atom. The van der Waals surface area contributed by atoms with Crippen LogP contribution < -0.4 is 9.47 Å². The Morgan fingerprint density at radius 3 is 2.62 bits per heavy atom. The second kappa shape index (κ2) is 5.00. The highest BCUT2D eigenvalue weighted by molar-refractivity contribution is 7.80. The largest absolute Gasteiger partial charge is 0.497 e. The fraction of sp³-hybridized carbons (Fsp3) is 0.538. The highest BCUT2D eigenvalue weighted by atomic mass is 32.1. The molecule has 0 heterocycles. The van der Waals surface area contributed by atoms with Gasteiger partial charge in [0.25, 0.3) is 0 Å². The third kappa shape index (κ3) is 2.46. The Labute approximate surface area is 102 Å². The molecule has 0 aromatic heterocycles. The highest BCUT2D eigenvalue weighted by Gasteiger charge is 2.36. The smallest absolute Gasteiger partial charge is 0.123 e. The first kappa shape index (κ1) is 11.6. The van der Waals surface area contributed by atoms with Crippen LogP contribution in [-0.4, -0.2) is 19.5 Å². The summed E-state index contributed by atoms with van der Waals surface area (Å²) in [6.07, 6.45) is 3.78. The van der Waals surface area contributed by atoms with Gasteiger partial charge in [-0.3, -0.25) is 0 Å². The number of benzene rings is 1. The molecule has 2 nitrogen and oxygen atoms in total. The van der Waals surface area contributed by atoms with Crippen LogP contribution in [0.15, 0.2) is 24.3 Å². The summed E-state index contributed by atoms with van der Waals surface area (Å²) in [6, 6.07) is 7.76. The van der Waals surface area contributed by atoms with E-state index < -0.39 is 0 Å². The van der Waals surface area contributed by atoms with Crippen molar-refractivity contribution in [1.82, 2.24) is 0 Å². The molecule has 0 amide bonds. The van der Waals surface area contributed by atoms with Gasteiger partial charge >= 0.3 is 0 Å². The van der Waals surface area contributed by atoms with Crippen LogP contribution in [0.1, 0.15) is 19.3 Å². The van der Waals surface area contributed by atoms with Crippen molar-refractivity contribution in [3.8, 4) is 11.5 Å². The molecule has 1 aliphatic rings. The average Bonchev–Trinajstić information content (AvgIpc) is 2.29. The third-order valence-corrected chi connectivity index (χ3v) is 4.01. The fourth-order valence-electron chi connectivity index (χ4n) is 1.95. The first-order chi connectivity index (χ1) is 7.78. The van der Waals surface area contributed by atoms with Gasteiger partial charge in [-0.1, -0.05) is 12.5 Å². The van der Waals surface area contributed by atoms with Crippen LogP contribution in [0.2, 0.25) is 0 Å². The predicted octanol–water partition coefficient (Wildman–Crippen LogP) is 3.17. The molecule has 0 radical (unpaired) electrons. The first-order valence-electron chi connectivity index (χ1n) is 5.66. The minimum Gasteiger partial charge on any atom is -0.497 e. The van der Waals surface area contributed by atoms with Crippen LogP contribution >= 0.6 is 12.6 Å². The van der Waals surface area contributed by atoms with E-state index in [-0.39, 0.29) is 0 Å². The fourth-order valence-corrected chi connectivity index (χ4v) is 2.36. The van der Waals surface area contributed by atoms with E-state index in [9.17, 15) is 0 Å².